The van der Waals surface area contributed by atoms with Gasteiger partial charge in [0.15, 0.2) is 0 Å². The highest BCUT2D eigenvalue weighted by Gasteiger charge is 2.24. The Morgan fingerprint density at radius 1 is 1.32 bits per heavy atom. The van der Waals surface area contributed by atoms with E-state index in [1.54, 1.807) is 0 Å². The number of hydrogen-bond donors (Lipinski definition) is 1. The van der Waals surface area contributed by atoms with Gasteiger partial charge in [-0.2, -0.15) is 0 Å². The topological polar surface area (TPSA) is 48.0 Å². The molecular weight excluding hydrogens is 236 g/mol. The molecule has 0 bridgehead atoms. The van der Waals surface area contributed by atoms with Crippen molar-refractivity contribution in [1.82, 2.24) is 4.57 Å². The molecule has 19 heavy (non-hydrogen) atoms. The zero-order valence-corrected chi connectivity index (χ0v) is 12.6. The Kier molecular flexibility index (Phi) is 3.86. The molecule has 3 heteroatoms. The van der Waals surface area contributed by atoms with Gasteiger partial charge >= 0.3 is 0 Å². The zero-order valence-electron chi connectivity index (χ0n) is 12.6. The first-order chi connectivity index (χ1) is 8.80. The second-order valence-corrected chi connectivity index (χ2v) is 6.77. The van der Waals surface area contributed by atoms with Gasteiger partial charge in [-0.3, -0.25) is 4.79 Å². The lowest BCUT2D eigenvalue weighted by molar-refractivity contribution is 0.461. The Balaban J connectivity index is 2.64. The van der Waals surface area contributed by atoms with Crippen LogP contribution in [0.1, 0.15) is 57.4 Å². The molecule has 0 aromatic carbocycles. The maximum atomic E-state index is 12.7. The van der Waals surface area contributed by atoms with Crippen molar-refractivity contribution in [3.05, 3.63) is 33.2 Å². The summed E-state index contributed by atoms with van der Waals surface area (Å²) < 4.78 is 1.99. The van der Waals surface area contributed by atoms with Gasteiger partial charge in [-0.1, -0.05) is 13.8 Å². The van der Waals surface area contributed by atoms with Crippen molar-refractivity contribution in [3.8, 4) is 0 Å². The summed E-state index contributed by atoms with van der Waals surface area (Å²) in [5, 5.41) is 0. The Morgan fingerprint density at radius 2 is 1.95 bits per heavy atom. The van der Waals surface area contributed by atoms with Gasteiger partial charge in [0.1, 0.15) is 0 Å². The second kappa shape index (κ2) is 5.12. The maximum Gasteiger partial charge on any atom is 0.255 e. The van der Waals surface area contributed by atoms with E-state index in [9.17, 15) is 4.79 Å². The minimum absolute atomic E-state index is 0.113. The molecule has 1 aromatic heterocycles. The third-order valence-electron chi connectivity index (χ3n) is 3.84. The molecule has 0 saturated heterocycles. The van der Waals surface area contributed by atoms with E-state index in [4.69, 9.17) is 5.73 Å². The fourth-order valence-corrected chi connectivity index (χ4v) is 2.90. The third-order valence-corrected chi connectivity index (χ3v) is 3.84. The van der Waals surface area contributed by atoms with Gasteiger partial charge in [-0.25, -0.2) is 0 Å². The molecule has 0 fully saturated rings. The predicted octanol–water partition coefficient (Wildman–Crippen LogP) is 2.58. The monoisotopic (exact) mass is 262 g/mol. The van der Waals surface area contributed by atoms with Crippen LogP contribution in [0.4, 0.5) is 0 Å². The molecule has 0 amide bonds. The van der Waals surface area contributed by atoms with Gasteiger partial charge in [0.2, 0.25) is 0 Å². The lowest BCUT2D eigenvalue weighted by Gasteiger charge is -2.27. The minimum Gasteiger partial charge on any atom is -0.322 e. The SMILES string of the molecule is CC(C)Cn1c2c(cc(C(C)(C)N)c1=O)CCCC2. The molecule has 1 aliphatic carbocycles. The summed E-state index contributed by atoms with van der Waals surface area (Å²) in [6.45, 7) is 8.94. The van der Waals surface area contributed by atoms with Crippen molar-refractivity contribution >= 4 is 0 Å². The van der Waals surface area contributed by atoms with Crippen molar-refractivity contribution in [2.24, 2.45) is 11.7 Å². The first kappa shape index (κ1) is 14.3. The summed E-state index contributed by atoms with van der Waals surface area (Å²) in [6.07, 6.45) is 4.52. The lowest BCUT2D eigenvalue weighted by Crippen LogP contribution is -2.40. The second-order valence-electron chi connectivity index (χ2n) is 6.77. The third kappa shape index (κ3) is 2.92. The predicted molar refractivity (Wildman–Crippen MR) is 79.4 cm³/mol. The molecule has 3 nitrogen and oxygen atoms in total. The van der Waals surface area contributed by atoms with Crippen molar-refractivity contribution in [2.45, 2.75) is 65.5 Å². The van der Waals surface area contributed by atoms with Crippen LogP contribution in [0.5, 0.6) is 0 Å². The van der Waals surface area contributed by atoms with E-state index in [1.807, 2.05) is 18.4 Å². The Hall–Kier alpha value is -1.09. The first-order valence-corrected chi connectivity index (χ1v) is 7.35. The van der Waals surface area contributed by atoms with Gasteiger partial charge in [0.05, 0.1) is 0 Å². The summed E-state index contributed by atoms with van der Waals surface area (Å²) in [5.74, 6) is 0.472. The number of fused-ring (bicyclic) bond motifs is 1. The van der Waals surface area contributed by atoms with Crippen molar-refractivity contribution in [2.75, 3.05) is 0 Å². The molecule has 1 heterocycles. The van der Waals surface area contributed by atoms with Crippen LogP contribution in [-0.2, 0) is 24.9 Å². The lowest BCUT2D eigenvalue weighted by atomic mass is 9.89. The van der Waals surface area contributed by atoms with E-state index >= 15 is 0 Å². The summed E-state index contributed by atoms with van der Waals surface area (Å²) in [6, 6.07) is 2.06. The highest BCUT2D eigenvalue weighted by atomic mass is 16.1. The molecule has 0 saturated carbocycles. The molecule has 0 spiro atoms. The van der Waals surface area contributed by atoms with E-state index in [1.165, 1.54) is 24.1 Å². The van der Waals surface area contributed by atoms with Gasteiger partial charge in [-0.15, -0.1) is 0 Å². The number of rotatable bonds is 3. The van der Waals surface area contributed by atoms with Crippen LogP contribution >= 0.6 is 0 Å². The van der Waals surface area contributed by atoms with E-state index in [-0.39, 0.29) is 5.56 Å². The molecule has 0 aliphatic heterocycles. The highest BCUT2D eigenvalue weighted by molar-refractivity contribution is 5.32. The van der Waals surface area contributed by atoms with Crippen LogP contribution < -0.4 is 11.3 Å². The van der Waals surface area contributed by atoms with Gasteiger partial charge in [0, 0.05) is 23.3 Å². The molecule has 0 atom stereocenters. The quantitative estimate of drug-likeness (QED) is 0.910. The molecule has 0 unspecified atom stereocenters. The van der Waals surface area contributed by atoms with E-state index in [0.717, 1.165) is 24.9 Å². The zero-order chi connectivity index (χ0) is 14.2. The molecular formula is C16H26N2O. The fraction of sp³-hybridized carbons (Fsp3) is 0.688. The molecule has 1 aliphatic rings. The van der Waals surface area contributed by atoms with E-state index in [2.05, 4.69) is 19.9 Å². The normalized spacial score (nSPS) is 15.7. The van der Waals surface area contributed by atoms with Crippen LogP contribution in [0.25, 0.3) is 0 Å². The molecule has 2 rings (SSSR count). The number of pyridine rings is 1. The Morgan fingerprint density at radius 3 is 2.53 bits per heavy atom. The molecule has 1 aromatic rings. The largest absolute Gasteiger partial charge is 0.322 e. The molecule has 2 N–H and O–H groups in total. The average Bonchev–Trinajstić information content (AvgIpc) is 2.30. The summed E-state index contributed by atoms with van der Waals surface area (Å²) in [7, 11) is 0. The van der Waals surface area contributed by atoms with Gasteiger partial charge < -0.3 is 10.3 Å². The molecule has 106 valence electrons. The number of aryl methyl sites for hydroxylation is 1. The summed E-state index contributed by atoms with van der Waals surface area (Å²) >= 11 is 0. The maximum absolute atomic E-state index is 12.7. The van der Waals surface area contributed by atoms with Crippen LogP contribution in [0, 0.1) is 5.92 Å². The molecule has 0 radical (unpaired) electrons. The van der Waals surface area contributed by atoms with Crippen molar-refractivity contribution in [1.29, 1.82) is 0 Å². The van der Waals surface area contributed by atoms with Crippen molar-refractivity contribution < 1.29 is 0 Å². The number of nitrogens with two attached hydrogens (primary N) is 1. The van der Waals surface area contributed by atoms with E-state index in [0.29, 0.717) is 5.92 Å². The first-order valence-electron chi connectivity index (χ1n) is 7.35. The Bertz CT molecular complexity index is 521. The van der Waals surface area contributed by atoms with Gasteiger partial charge in [-0.05, 0) is 57.1 Å². The van der Waals surface area contributed by atoms with Crippen LogP contribution in [0.2, 0.25) is 0 Å². The average molecular weight is 262 g/mol. The number of nitrogens with zero attached hydrogens (tertiary/aromatic N) is 1. The summed E-state index contributed by atoms with van der Waals surface area (Å²) in [5.41, 5.74) is 9.06. The number of hydrogen-bond acceptors (Lipinski definition) is 2. The standard InChI is InChI=1S/C16H26N2O/c1-11(2)10-18-14-8-6-5-7-12(14)9-13(15(18)19)16(3,4)17/h9,11H,5-8,10,17H2,1-4H3. The van der Waals surface area contributed by atoms with Crippen LogP contribution in [0.3, 0.4) is 0 Å². The smallest absolute Gasteiger partial charge is 0.255 e. The minimum atomic E-state index is -0.567. The van der Waals surface area contributed by atoms with Gasteiger partial charge in [0.25, 0.3) is 5.56 Å². The Labute approximate surface area is 115 Å². The van der Waals surface area contributed by atoms with Crippen LogP contribution in [-0.4, -0.2) is 4.57 Å². The summed E-state index contributed by atoms with van der Waals surface area (Å²) in [4.78, 5) is 12.7. The highest BCUT2D eigenvalue weighted by Crippen LogP contribution is 2.24. The van der Waals surface area contributed by atoms with E-state index < -0.39 is 5.54 Å². The van der Waals surface area contributed by atoms with Crippen LogP contribution in [0.15, 0.2) is 10.9 Å². The number of aromatic nitrogens is 1. The fourth-order valence-electron chi connectivity index (χ4n) is 2.90. The van der Waals surface area contributed by atoms with Crippen molar-refractivity contribution in [3.63, 3.8) is 0 Å².